The number of carbonyl (C=O) groups is 1. The van der Waals surface area contributed by atoms with Gasteiger partial charge in [0.2, 0.25) is 0 Å². The van der Waals surface area contributed by atoms with Crippen LogP contribution in [0.4, 0.5) is 0 Å². The third-order valence-corrected chi connectivity index (χ3v) is 4.58. The summed E-state index contributed by atoms with van der Waals surface area (Å²) in [6.45, 7) is 0.637. The lowest BCUT2D eigenvalue weighted by molar-refractivity contribution is -0.131. The van der Waals surface area contributed by atoms with Gasteiger partial charge in [-0.15, -0.1) is 0 Å². The summed E-state index contributed by atoms with van der Waals surface area (Å²) in [7, 11) is 0. The number of fused-ring (bicyclic) bond motifs is 1. The molecule has 0 aliphatic carbocycles. The van der Waals surface area contributed by atoms with E-state index in [0.717, 1.165) is 17.0 Å². The van der Waals surface area contributed by atoms with E-state index < -0.39 is 5.97 Å². The second-order valence-electron chi connectivity index (χ2n) is 6.28. The van der Waals surface area contributed by atoms with Crippen LogP contribution in [0, 0.1) is 0 Å². The number of rotatable bonds is 5. The average Bonchev–Trinajstić information content (AvgIpc) is 3.10. The maximum atomic E-state index is 11.0. The molecule has 0 bridgehead atoms. The maximum Gasteiger partial charge on any atom is 0.328 e. The fraction of sp³-hybridized carbons (Fsp3) is 0.0435. The Labute approximate surface area is 157 Å². The van der Waals surface area contributed by atoms with E-state index in [0.29, 0.717) is 6.54 Å². The molecular weight excluding hydrogens is 336 g/mol. The van der Waals surface area contributed by atoms with Crippen LogP contribution in [0.3, 0.4) is 0 Å². The molecule has 132 valence electrons. The maximum absolute atomic E-state index is 11.0. The van der Waals surface area contributed by atoms with E-state index in [1.807, 2.05) is 42.6 Å². The fourth-order valence-corrected chi connectivity index (χ4v) is 3.33. The predicted octanol–water partition coefficient (Wildman–Crippen LogP) is 4.85. The number of aromatic nitrogens is 2. The molecule has 0 aliphatic rings. The van der Waals surface area contributed by atoms with Crippen molar-refractivity contribution in [3.05, 3.63) is 96.5 Å². The van der Waals surface area contributed by atoms with Gasteiger partial charge in [0.25, 0.3) is 0 Å². The van der Waals surface area contributed by atoms with Crippen LogP contribution in [0.15, 0.2) is 85.2 Å². The van der Waals surface area contributed by atoms with Gasteiger partial charge in [-0.3, -0.25) is 4.98 Å². The topological polar surface area (TPSA) is 55.1 Å². The second kappa shape index (κ2) is 7.30. The first-order valence-electron chi connectivity index (χ1n) is 8.70. The highest BCUT2D eigenvalue weighted by molar-refractivity contribution is 5.86. The van der Waals surface area contributed by atoms with Crippen LogP contribution in [0.25, 0.3) is 28.1 Å². The molecule has 0 saturated carbocycles. The highest BCUT2D eigenvalue weighted by Crippen LogP contribution is 2.26. The standard InChI is InChI=1S/C23H18N2O2/c26-23(27)13-11-20-10-12-22(18-8-4-14-24-15-18)25(20)16-19-7-3-6-17-5-1-2-9-21(17)19/h1-15H,16H2,(H,26,27). The molecule has 0 spiro atoms. The summed E-state index contributed by atoms with van der Waals surface area (Å²) in [4.78, 5) is 15.2. The van der Waals surface area contributed by atoms with Crippen molar-refractivity contribution in [3.8, 4) is 11.3 Å². The van der Waals surface area contributed by atoms with Crippen LogP contribution in [0.1, 0.15) is 11.3 Å². The minimum atomic E-state index is -0.962. The van der Waals surface area contributed by atoms with Gasteiger partial charge in [0.05, 0.1) is 5.69 Å². The van der Waals surface area contributed by atoms with Crippen LogP contribution in [-0.4, -0.2) is 20.6 Å². The van der Waals surface area contributed by atoms with Crippen molar-refractivity contribution in [1.29, 1.82) is 0 Å². The Morgan fingerprint density at radius 1 is 1.00 bits per heavy atom. The van der Waals surface area contributed by atoms with Gasteiger partial charge in [0.1, 0.15) is 0 Å². The van der Waals surface area contributed by atoms with Crippen molar-refractivity contribution in [2.75, 3.05) is 0 Å². The molecule has 0 unspecified atom stereocenters. The molecular formula is C23H18N2O2. The van der Waals surface area contributed by atoms with Gasteiger partial charge < -0.3 is 9.67 Å². The molecule has 2 aromatic carbocycles. The van der Waals surface area contributed by atoms with Gasteiger partial charge in [-0.1, -0.05) is 42.5 Å². The first-order chi connectivity index (χ1) is 13.2. The molecule has 4 aromatic rings. The largest absolute Gasteiger partial charge is 0.478 e. The number of pyridine rings is 1. The van der Waals surface area contributed by atoms with Crippen LogP contribution < -0.4 is 0 Å². The third-order valence-electron chi connectivity index (χ3n) is 4.58. The molecule has 1 N–H and O–H groups in total. The van der Waals surface area contributed by atoms with Crippen LogP contribution in [-0.2, 0) is 11.3 Å². The molecule has 2 aromatic heterocycles. The molecule has 4 nitrogen and oxygen atoms in total. The van der Waals surface area contributed by atoms with E-state index in [4.69, 9.17) is 5.11 Å². The molecule has 0 fully saturated rings. The summed E-state index contributed by atoms with van der Waals surface area (Å²) in [6, 6.07) is 22.4. The predicted molar refractivity (Wildman–Crippen MR) is 107 cm³/mol. The number of hydrogen-bond donors (Lipinski definition) is 1. The Balaban J connectivity index is 1.84. The normalized spacial score (nSPS) is 11.3. The number of benzene rings is 2. The van der Waals surface area contributed by atoms with Gasteiger partial charge in [0, 0.05) is 36.3 Å². The molecule has 0 atom stereocenters. The SMILES string of the molecule is O=C(O)C=Cc1ccc(-c2cccnc2)n1Cc1cccc2ccccc12. The highest BCUT2D eigenvalue weighted by atomic mass is 16.4. The minimum Gasteiger partial charge on any atom is -0.478 e. The molecule has 0 aliphatic heterocycles. The Morgan fingerprint density at radius 2 is 1.85 bits per heavy atom. The van der Waals surface area contributed by atoms with Gasteiger partial charge in [0.15, 0.2) is 0 Å². The third kappa shape index (κ3) is 3.51. The zero-order valence-electron chi connectivity index (χ0n) is 14.6. The Bertz CT molecular complexity index is 1120. The van der Waals surface area contributed by atoms with Gasteiger partial charge in [-0.25, -0.2) is 4.79 Å². The summed E-state index contributed by atoms with van der Waals surface area (Å²) in [5, 5.41) is 11.4. The molecule has 0 radical (unpaired) electrons. The Hall–Kier alpha value is -3.66. The molecule has 27 heavy (non-hydrogen) atoms. The number of aliphatic carboxylic acids is 1. The summed E-state index contributed by atoms with van der Waals surface area (Å²) in [6.07, 6.45) is 6.36. The second-order valence-corrected chi connectivity index (χ2v) is 6.28. The number of hydrogen-bond acceptors (Lipinski definition) is 2. The monoisotopic (exact) mass is 354 g/mol. The zero-order valence-corrected chi connectivity index (χ0v) is 14.6. The smallest absolute Gasteiger partial charge is 0.328 e. The van der Waals surface area contributed by atoms with E-state index in [9.17, 15) is 4.79 Å². The molecule has 4 rings (SSSR count). The first-order valence-corrected chi connectivity index (χ1v) is 8.70. The average molecular weight is 354 g/mol. The zero-order chi connectivity index (χ0) is 18.6. The Morgan fingerprint density at radius 3 is 2.67 bits per heavy atom. The summed E-state index contributed by atoms with van der Waals surface area (Å²) < 4.78 is 2.12. The highest BCUT2D eigenvalue weighted by Gasteiger charge is 2.11. The molecule has 0 amide bonds. The van der Waals surface area contributed by atoms with Crippen molar-refractivity contribution in [2.45, 2.75) is 6.54 Å². The van der Waals surface area contributed by atoms with E-state index in [1.165, 1.54) is 22.4 Å². The van der Waals surface area contributed by atoms with Crippen LogP contribution in [0.5, 0.6) is 0 Å². The fourth-order valence-electron chi connectivity index (χ4n) is 3.33. The van der Waals surface area contributed by atoms with E-state index in [2.05, 4.69) is 39.9 Å². The van der Waals surface area contributed by atoms with Crippen molar-refractivity contribution in [1.82, 2.24) is 9.55 Å². The van der Waals surface area contributed by atoms with Crippen LogP contribution in [0.2, 0.25) is 0 Å². The first kappa shape index (κ1) is 16.8. The number of nitrogens with zero attached hydrogens (tertiary/aromatic N) is 2. The van der Waals surface area contributed by atoms with E-state index in [-0.39, 0.29) is 0 Å². The lowest BCUT2D eigenvalue weighted by Gasteiger charge is -2.14. The van der Waals surface area contributed by atoms with Gasteiger partial charge in [-0.2, -0.15) is 0 Å². The lowest BCUT2D eigenvalue weighted by atomic mass is 10.0. The van der Waals surface area contributed by atoms with Crippen molar-refractivity contribution in [3.63, 3.8) is 0 Å². The number of carboxylic acids is 1. The minimum absolute atomic E-state index is 0.637. The van der Waals surface area contributed by atoms with Crippen molar-refractivity contribution >= 4 is 22.8 Å². The van der Waals surface area contributed by atoms with Crippen molar-refractivity contribution < 1.29 is 9.90 Å². The molecule has 2 heterocycles. The van der Waals surface area contributed by atoms with Crippen molar-refractivity contribution in [2.24, 2.45) is 0 Å². The summed E-state index contributed by atoms with van der Waals surface area (Å²) in [5.74, 6) is -0.962. The Kier molecular flexibility index (Phi) is 4.54. The van der Waals surface area contributed by atoms with E-state index >= 15 is 0 Å². The van der Waals surface area contributed by atoms with E-state index in [1.54, 1.807) is 12.3 Å². The lowest BCUT2D eigenvalue weighted by Crippen LogP contribution is -2.05. The summed E-state index contributed by atoms with van der Waals surface area (Å²) in [5.41, 5.74) is 4.01. The quantitative estimate of drug-likeness (QED) is 0.521. The van der Waals surface area contributed by atoms with Gasteiger partial charge in [-0.05, 0) is 46.7 Å². The molecule has 4 heteroatoms. The molecule has 0 saturated heterocycles. The van der Waals surface area contributed by atoms with Gasteiger partial charge >= 0.3 is 5.97 Å². The van der Waals surface area contributed by atoms with Crippen LogP contribution >= 0.6 is 0 Å². The summed E-state index contributed by atoms with van der Waals surface area (Å²) >= 11 is 0. The number of carboxylic acid groups (broad SMARTS) is 1.